The van der Waals surface area contributed by atoms with Crippen molar-refractivity contribution in [1.29, 1.82) is 0 Å². The maximum Gasteiger partial charge on any atom is 0.269 e. The Hall–Kier alpha value is -5.03. The van der Waals surface area contributed by atoms with Crippen LogP contribution in [0.5, 0.6) is 0 Å². The third-order valence-corrected chi connectivity index (χ3v) is 4.94. The van der Waals surface area contributed by atoms with Gasteiger partial charge in [0.25, 0.3) is 5.69 Å². The largest absolute Gasteiger partial charge is 0.410 e. The molecule has 4 aromatic rings. The number of hydrogen-bond acceptors (Lipinski definition) is 4. The van der Waals surface area contributed by atoms with Gasteiger partial charge >= 0.3 is 0 Å². The smallest absolute Gasteiger partial charge is 0.269 e. The average Bonchev–Trinajstić information content (AvgIpc) is 2.95. The predicted molar refractivity (Wildman–Crippen MR) is 150 cm³/mol. The van der Waals surface area contributed by atoms with Crippen LogP contribution in [0, 0.1) is 10.1 Å². The van der Waals surface area contributed by atoms with Crippen LogP contribution in [-0.2, 0) is 0 Å². The Morgan fingerprint density at radius 3 is 1.39 bits per heavy atom. The lowest BCUT2D eigenvalue weighted by molar-refractivity contribution is -0.384. The first-order chi connectivity index (χ1) is 17.5. The molecule has 5 nitrogen and oxygen atoms in total. The van der Waals surface area contributed by atoms with Gasteiger partial charge in [0.05, 0.1) is 4.92 Å². The summed E-state index contributed by atoms with van der Waals surface area (Å²) in [6, 6.07) is 33.1. The molecule has 180 valence electrons. The summed E-state index contributed by atoms with van der Waals surface area (Å²) in [4.78, 5) is 10.1. The second kappa shape index (κ2) is 15.0. The molecule has 0 fully saturated rings. The van der Waals surface area contributed by atoms with Gasteiger partial charge in [-0.1, -0.05) is 128 Å². The number of benzene rings is 4. The maximum atomic E-state index is 10.5. The van der Waals surface area contributed by atoms with Crippen molar-refractivity contribution >= 4 is 29.6 Å². The first-order valence-corrected chi connectivity index (χ1v) is 11.1. The van der Waals surface area contributed by atoms with Crippen molar-refractivity contribution in [3.8, 4) is 0 Å². The van der Waals surface area contributed by atoms with Gasteiger partial charge in [0, 0.05) is 23.3 Å². The highest BCUT2D eigenvalue weighted by Crippen LogP contribution is 2.16. The molecular formula is C31H28N2O3. The molecule has 0 radical (unpaired) electrons. The summed E-state index contributed by atoms with van der Waals surface area (Å²) >= 11 is 0. The van der Waals surface area contributed by atoms with Crippen LogP contribution < -0.4 is 0 Å². The highest BCUT2D eigenvalue weighted by molar-refractivity contribution is 6.12. The van der Waals surface area contributed by atoms with Crippen molar-refractivity contribution in [3.63, 3.8) is 0 Å². The number of rotatable bonds is 6. The van der Waals surface area contributed by atoms with Crippen LogP contribution in [-0.4, -0.2) is 15.8 Å². The van der Waals surface area contributed by atoms with E-state index in [1.807, 2.05) is 91.0 Å². The van der Waals surface area contributed by atoms with E-state index in [9.17, 15) is 10.1 Å². The van der Waals surface area contributed by atoms with E-state index in [2.05, 4.69) is 24.9 Å². The minimum atomic E-state index is -0.470. The van der Waals surface area contributed by atoms with E-state index in [1.165, 1.54) is 17.7 Å². The van der Waals surface area contributed by atoms with Crippen LogP contribution in [0.3, 0.4) is 0 Å². The zero-order valence-corrected chi connectivity index (χ0v) is 19.9. The zero-order chi connectivity index (χ0) is 26.2. The summed E-state index contributed by atoms with van der Waals surface area (Å²) in [5.74, 6) is 0. The van der Waals surface area contributed by atoms with E-state index in [0.717, 1.165) is 16.7 Å². The molecule has 0 aliphatic rings. The molecule has 0 aliphatic carbocycles. The standard InChI is InChI=1S/C13H10N2O3.C10H10.C8H8/c16-14-13(10-4-2-1-3-5-10)11-6-8-12(9-7-11)15(17)18;1-3-9-5-7-10(4-2)8-6-9;1-2-8-6-4-3-5-7-8/h1-9,16H;3-8H,1-2H2;2-7H,1H2/b14-13-;;. The van der Waals surface area contributed by atoms with E-state index in [1.54, 1.807) is 24.3 Å². The van der Waals surface area contributed by atoms with E-state index in [-0.39, 0.29) is 5.69 Å². The Balaban J connectivity index is 0.000000213. The summed E-state index contributed by atoms with van der Waals surface area (Å²) in [5, 5.41) is 22.9. The lowest BCUT2D eigenvalue weighted by atomic mass is 10.0. The molecule has 36 heavy (non-hydrogen) atoms. The van der Waals surface area contributed by atoms with Crippen molar-refractivity contribution < 1.29 is 10.1 Å². The molecule has 4 aromatic carbocycles. The van der Waals surface area contributed by atoms with Gasteiger partial charge in [0.15, 0.2) is 0 Å². The van der Waals surface area contributed by atoms with Crippen LogP contribution in [0.4, 0.5) is 5.69 Å². The second-order valence-corrected chi connectivity index (χ2v) is 7.31. The third kappa shape index (κ3) is 8.72. The Labute approximate surface area is 211 Å². The van der Waals surface area contributed by atoms with Gasteiger partial charge in [0.2, 0.25) is 0 Å². The van der Waals surface area contributed by atoms with Crippen LogP contribution in [0.15, 0.2) is 134 Å². The Bertz CT molecular complexity index is 1250. The molecule has 0 aliphatic heterocycles. The molecule has 0 atom stereocenters. The minimum Gasteiger partial charge on any atom is -0.410 e. The van der Waals surface area contributed by atoms with Crippen molar-refractivity contribution in [1.82, 2.24) is 0 Å². The first kappa shape index (κ1) is 27.2. The number of oxime groups is 1. The van der Waals surface area contributed by atoms with E-state index < -0.39 is 4.92 Å². The molecule has 1 N–H and O–H groups in total. The molecule has 0 heterocycles. The van der Waals surface area contributed by atoms with E-state index >= 15 is 0 Å². The molecule has 0 aromatic heterocycles. The quantitative estimate of drug-likeness (QED) is 0.132. The molecule has 0 spiro atoms. The summed E-state index contributed by atoms with van der Waals surface area (Å²) in [5.41, 5.74) is 5.21. The minimum absolute atomic E-state index is 0.00380. The Kier molecular flexibility index (Phi) is 11.3. The average molecular weight is 477 g/mol. The number of nitrogens with zero attached hydrogens (tertiary/aromatic N) is 2. The number of hydrogen-bond donors (Lipinski definition) is 1. The Morgan fingerprint density at radius 1 is 0.639 bits per heavy atom. The highest BCUT2D eigenvalue weighted by Gasteiger charge is 2.10. The summed E-state index contributed by atoms with van der Waals surface area (Å²) in [6.45, 7) is 11.0. The van der Waals surface area contributed by atoms with Crippen LogP contribution in [0.2, 0.25) is 0 Å². The monoisotopic (exact) mass is 476 g/mol. The Morgan fingerprint density at radius 2 is 1.03 bits per heavy atom. The van der Waals surface area contributed by atoms with Crippen LogP contribution in [0.1, 0.15) is 27.8 Å². The second-order valence-electron chi connectivity index (χ2n) is 7.31. The van der Waals surface area contributed by atoms with E-state index in [0.29, 0.717) is 11.3 Å². The van der Waals surface area contributed by atoms with Gasteiger partial charge in [-0.3, -0.25) is 10.1 Å². The maximum absolute atomic E-state index is 10.5. The topological polar surface area (TPSA) is 75.7 Å². The van der Waals surface area contributed by atoms with Gasteiger partial charge in [-0.2, -0.15) is 0 Å². The molecular weight excluding hydrogens is 448 g/mol. The zero-order valence-electron chi connectivity index (χ0n) is 19.9. The molecule has 5 heteroatoms. The fourth-order valence-corrected chi connectivity index (χ4v) is 2.98. The SMILES string of the molecule is C=Cc1ccc(C=C)cc1.C=Cc1ccccc1.O=[N+]([O-])c1ccc(/C(=N\O)c2ccccc2)cc1. The first-order valence-electron chi connectivity index (χ1n) is 11.1. The van der Waals surface area contributed by atoms with Crippen LogP contribution in [0.25, 0.3) is 18.2 Å². The number of non-ortho nitro benzene ring substituents is 1. The molecule has 0 amide bonds. The van der Waals surface area contributed by atoms with Crippen molar-refractivity contribution in [3.05, 3.63) is 167 Å². The van der Waals surface area contributed by atoms with Crippen LogP contribution >= 0.6 is 0 Å². The lowest BCUT2D eigenvalue weighted by Crippen LogP contribution is -2.03. The van der Waals surface area contributed by atoms with Crippen molar-refractivity contribution in [2.75, 3.05) is 0 Å². The van der Waals surface area contributed by atoms with Gasteiger partial charge in [-0.05, 0) is 28.8 Å². The molecule has 0 bridgehead atoms. The summed E-state index contributed by atoms with van der Waals surface area (Å²) in [7, 11) is 0. The fraction of sp³-hybridized carbons (Fsp3) is 0. The predicted octanol–water partition coefficient (Wildman–Crippen LogP) is 8.12. The van der Waals surface area contributed by atoms with Crippen molar-refractivity contribution in [2.24, 2.45) is 5.16 Å². The third-order valence-electron chi connectivity index (χ3n) is 4.94. The molecule has 0 saturated heterocycles. The van der Waals surface area contributed by atoms with Crippen molar-refractivity contribution in [2.45, 2.75) is 0 Å². The molecule has 0 unspecified atom stereocenters. The van der Waals surface area contributed by atoms with Gasteiger partial charge in [0.1, 0.15) is 5.71 Å². The normalized spacial score (nSPS) is 9.94. The summed E-state index contributed by atoms with van der Waals surface area (Å²) in [6.07, 6.45) is 5.49. The highest BCUT2D eigenvalue weighted by atomic mass is 16.6. The molecule has 0 saturated carbocycles. The van der Waals surface area contributed by atoms with Gasteiger partial charge in [-0.15, -0.1) is 0 Å². The van der Waals surface area contributed by atoms with Gasteiger partial charge < -0.3 is 5.21 Å². The van der Waals surface area contributed by atoms with E-state index in [4.69, 9.17) is 5.21 Å². The van der Waals surface area contributed by atoms with Gasteiger partial charge in [-0.25, -0.2) is 0 Å². The molecule has 4 rings (SSSR count). The number of nitro benzene ring substituents is 1. The number of nitro groups is 1. The fourth-order valence-electron chi connectivity index (χ4n) is 2.98. The summed E-state index contributed by atoms with van der Waals surface area (Å²) < 4.78 is 0. The lowest BCUT2D eigenvalue weighted by Gasteiger charge is -2.04.